The number of hydrogen-bond acceptors (Lipinski definition) is 1. The fourth-order valence-corrected chi connectivity index (χ4v) is 2.19. The van der Waals surface area contributed by atoms with Gasteiger partial charge in [-0.25, -0.2) is 0 Å². The highest BCUT2D eigenvalue weighted by Crippen LogP contribution is 2.34. The molecular formula is C11H14O2. The van der Waals surface area contributed by atoms with Gasteiger partial charge in [-0.05, 0) is 37.7 Å². The van der Waals surface area contributed by atoms with E-state index in [1.807, 2.05) is 0 Å². The minimum Gasteiger partial charge on any atom is -0.481 e. The average Bonchev–Trinajstić information content (AvgIpc) is 2.17. The van der Waals surface area contributed by atoms with Crippen molar-refractivity contribution in [2.45, 2.75) is 32.1 Å². The molecule has 0 aliphatic heterocycles. The van der Waals surface area contributed by atoms with Crippen LogP contribution in [0, 0.1) is 5.92 Å². The number of carboxylic acids is 1. The van der Waals surface area contributed by atoms with Crippen LogP contribution in [0.15, 0.2) is 23.3 Å². The van der Waals surface area contributed by atoms with Crippen LogP contribution >= 0.6 is 0 Å². The zero-order chi connectivity index (χ0) is 9.26. The number of rotatable bonds is 1. The second kappa shape index (κ2) is 3.36. The van der Waals surface area contributed by atoms with E-state index in [9.17, 15) is 4.79 Å². The van der Waals surface area contributed by atoms with Crippen molar-refractivity contribution in [1.82, 2.24) is 0 Å². The van der Waals surface area contributed by atoms with Gasteiger partial charge in [-0.15, -0.1) is 0 Å². The summed E-state index contributed by atoms with van der Waals surface area (Å²) in [5.74, 6) is -0.771. The second-order valence-corrected chi connectivity index (χ2v) is 3.85. The molecule has 0 saturated heterocycles. The molecule has 1 atom stereocenters. The second-order valence-electron chi connectivity index (χ2n) is 3.85. The Bertz CT molecular complexity index is 286. The molecule has 0 heterocycles. The van der Waals surface area contributed by atoms with E-state index in [0.29, 0.717) is 0 Å². The Morgan fingerprint density at radius 2 is 2.31 bits per heavy atom. The summed E-state index contributed by atoms with van der Waals surface area (Å²) in [7, 11) is 0. The minimum absolute atomic E-state index is 0.138. The van der Waals surface area contributed by atoms with Crippen molar-refractivity contribution in [2.24, 2.45) is 5.92 Å². The summed E-state index contributed by atoms with van der Waals surface area (Å²) in [6.45, 7) is 0. The van der Waals surface area contributed by atoms with E-state index in [2.05, 4.69) is 12.2 Å². The van der Waals surface area contributed by atoms with Crippen molar-refractivity contribution in [1.29, 1.82) is 0 Å². The summed E-state index contributed by atoms with van der Waals surface area (Å²) in [6.07, 6.45) is 9.14. The van der Waals surface area contributed by atoms with Gasteiger partial charge >= 0.3 is 5.97 Å². The van der Waals surface area contributed by atoms with E-state index >= 15 is 0 Å². The summed E-state index contributed by atoms with van der Waals surface area (Å²) in [5.41, 5.74) is 2.80. The molecule has 0 radical (unpaired) electrons. The maximum absolute atomic E-state index is 10.8. The van der Waals surface area contributed by atoms with Crippen LogP contribution in [0.4, 0.5) is 0 Å². The van der Waals surface area contributed by atoms with Crippen LogP contribution in [0.5, 0.6) is 0 Å². The third kappa shape index (κ3) is 1.67. The Morgan fingerprint density at radius 3 is 3.08 bits per heavy atom. The van der Waals surface area contributed by atoms with E-state index in [-0.39, 0.29) is 5.92 Å². The Hall–Kier alpha value is -1.05. The first-order valence-electron chi connectivity index (χ1n) is 4.87. The van der Waals surface area contributed by atoms with Crippen LogP contribution in [0.2, 0.25) is 0 Å². The lowest BCUT2D eigenvalue weighted by atomic mass is 9.80. The molecule has 0 bridgehead atoms. The maximum atomic E-state index is 10.8. The summed E-state index contributed by atoms with van der Waals surface area (Å²) < 4.78 is 0. The van der Waals surface area contributed by atoms with Gasteiger partial charge in [-0.3, -0.25) is 4.79 Å². The molecule has 70 valence electrons. The van der Waals surface area contributed by atoms with Crippen molar-refractivity contribution < 1.29 is 9.90 Å². The SMILES string of the molecule is O=C(O)[C@H]1CCC2=C(C=CCC2)C1. The first-order valence-corrected chi connectivity index (χ1v) is 4.87. The summed E-state index contributed by atoms with van der Waals surface area (Å²) in [6, 6.07) is 0. The summed E-state index contributed by atoms with van der Waals surface area (Å²) >= 11 is 0. The molecule has 0 aromatic heterocycles. The highest BCUT2D eigenvalue weighted by Gasteiger charge is 2.25. The zero-order valence-corrected chi connectivity index (χ0v) is 7.62. The minimum atomic E-state index is -0.634. The monoisotopic (exact) mass is 178 g/mol. The topological polar surface area (TPSA) is 37.3 Å². The Kier molecular flexibility index (Phi) is 2.21. The third-order valence-corrected chi connectivity index (χ3v) is 3.00. The van der Waals surface area contributed by atoms with Crippen molar-refractivity contribution in [2.75, 3.05) is 0 Å². The molecule has 0 amide bonds. The third-order valence-electron chi connectivity index (χ3n) is 3.00. The molecule has 2 aliphatic rings. The lowest BCUT2D eigenvalue weighted by Gasteiger charge is -2.25. The molecule has 0 spiro atoms. The predicted octanol–water partition coefficient (Wildman–Crippen LogP) is 2.52. The highest BCUT2D eigenvalue weighted by molar-refractivity contribution is 5.71. The van der Waals surface area contributed by atoms with Crippen LogP contribution in [0.3, 0.4) is 0 Å². The van der Waals surface area contributed by atoms with E-state index in [4.69, 9.17) is 5.11 Å². The quantitative estimate of drug-likeness (QED) is 0.669. The van der Waals surface area contributed by atoms with Crippen LogP contribution < -0.4 is 0 Å². The lowest BCUT2D eigenvalue weighted by Crippen LogP contribution is -2.19. The largest absolute Gasteiger partial charge is 0.481 e. The molecular weight excluding hydrogens is 164 g/mol. The van der Waals surface area contributed by atoms with E-state index in [1.54, 1.807) is 0 Å². The van der Waals surface area contributed by atoms with Gasteiger partial charge in [0.15, 0.2) is 0 Å². The normalized spacial score (nSPS) is 27.2. The van der Waals surface area contributed by atoms with Crippen molar-refractivity contribution >= 4 is 5.97 Å². The number of hydrogen-bond donors (Lipinski definition) is 1. The van der Waals surface area contributed by atoms with Gasteiger partial charge in [0.2, 0.25) is 0 Å². The van der Waals surface area contributed by atoms with E-state index in [1.165, 1.54) is 11.1 Å². The number of allylic oxidation sites excluding steroid dienone is 4. The molecule has 2 rings (SSSR count). The summed E-state index contributed by atoms with van der Waals surface area (Å²) in [4.78, 5) is 10.8. The fourth-order valence-electron chi connectivity index (χ4n) is 2.19. The smallest absolute Gasteiger partial charge is 0.306 e. The molecule has 2 nitrogen and oxygen atoms in total. The van der Waals surface area contributed by atoms with Crippen molar-refractivity contribution in [3.05, 3.63) is 23.3 Å². The first-order chi connectivity index (χ1) is 6.27. The van der Waals surface area contributed by atoms with Crippen LogP contribution in [0.25, 0.3) is 0 Å². The van der Waals surface area contributed by atoms with Crippen LogP contribution in [-0.4, -0.2) is 11.1 Å². The van der Waals surface area contributed by atoms with E-state index in [0.717, 1.165) is 32.1 Å². The molecule has 0 aromatic carbocycles. The van der Waals surface area contributed by atoms with Gasteiger partial charge in [-0.2, -0.15) is 0 Å². The van der Waals surface area contributed by atoms with E-state index < -0.39 is 5.97 Å². The molecule has 0 unspecified atom stereocenters. The molecule has 1 N–H and O–H groups in total. The first kappa shape index (κ1) is 8.54. The molecule has 2 aliphatic carbocycles. The molecule has 0 fully saturated rings. The van der Waals surface area contributed by atoms with Crippen LogP contribution in [0.1, 0.15) is 32.1 Å². The van der Waals surface area contributed by atoms with Gasteiger partial charge in [-0.1, -0.05) is 17.7 Å². The summed E-state index contributed by atoms with van der Waals surface area (Å²) in [5, 5.41) is 8.88. The number of carboxylic acid groups (broad SMARTS) is 1. The molecule has 0 aromatic rings. The van der Waals surface area contributed by atoms with Crippen LogP contribution in [-0.2, 0) is 4.79 Å². The maximum Gasteiger partial charge on any atom is 0.306 e. The number of carbonyl (C=O) groups is 1. The van der Waals surface area contributed by atoms with Gasteiger partial charge in [0, 0.05) is 0 Å². The number of aliphatic carboxylic acids is 1. The Labute approximate surface area is 78.0 Å². The molecule has 13 heavy (non-hydrogen) atoms. The predicted molar refractivity (Wildman–Crippen MR) is 50.4 cm³/mol. The average molecular weight is 178 g/mol. The Balaban J connectivity index is 2.14. The van der Waals surface area contributed by atoms with Gasteiger partial charge in [0.1, 0.15) is 0 Å². The molecule has 0 saturated carbocycles. The van der Waals surface area contributed by atoms with Gasteiger partial charge in [0.05, 0.1) is 5.92 Å². The van der Waals surface area contributed by atoms with Gasteiger partial charge < -0.3 is 5.11 Å². The standard InChI is InChI=1S/C11H14O2/c12-11(13)10-6-5-8-3-1-2-4-9(8)7-10/h2,4,10H,1,3,5-7H2,(H,12,13)/t10-/m0/s1. The van der Waals surface area contributed by atoms with Crippen molar-refractivity contribution in [3.63, 3.8) is 0 Å². The van der Waals surface area contributed by atoms with Gasteiger partial charge in [0.25, 0.3) is 0 Å². The Morgan fingerprint density at radius 1 is 1.46 bits per heavy atom. The molecule has 2 heteroatoms. The zero-order valence-electron chi connectivity index (χ0n) is 7.62. The highest BCUT2D eigenvalue weighted by atomic mass is 16.4. The lowest BCUT2D eigenvalue weighted by molar-refractivity contribution is -0.142. The fraction of sp³-hybridized carbons (Fsp3) is 0.545. The van der Waals surface area contributed by atoms with Crippen molar-refractivity contribution in [3.8, 4) is 0 Å².